The molecule has 220 valence electrons. The quantitative estimate of drug-likeness (QED) is 0.274. The van der Waals surface area contributed by atoms with Gasteiger partial charge >= 0.3 is 0 Å². The highest BCUT2D eigenvalue weighted by Crippen LogP contribution is 2.22. The van der Waals surface area contributed by atoms with Crippen molar-refractivity contribution in [1.82, 2.24) is 10.2 Å². The first-order valence-corrected chi connectivity index (χ1v) is 16.0. The smallest absolute Gasteiger partial charge is 0.243 e. The summed E-state index contributed by atoms with van der Waals surface area (Å²) in [5.74, 6) is -1.02. The van der Waals surface area contributed by atoms with Crippen LogP contribution in [0.2, 0.25) is 0 Å². The van der Waals surface area contributed by atoms with Crippen LogP contribution >= 0.6 is 15.9 Å². The number of benzene rings is 3. The molecule has 41 heavy (non-hydrogen) atoms. The molecule has 0 aliphatic heterocycles. The number of nitrogens with one attached hydrogen (secondary N) is 1. The van der Waals surface area contributed by atoms with Crippen molar-refractivity contribution in [3.8, 4) is 0 Å². The first-order valence-electron chi connectivity index (χ1n) is 13.4. The third-order valence-corrected chi connectivity index (χ3v) is 7.97. The van der Waals surface area contributed by atoms with E-state index in [9.17, 15) is 22.4 Å². The Morgan fingerprint density at radius 1 is 0.951 bits per heavy atom. The molecule has 0 unspecified atom stereocenters. The Morgan fingerprint density at radius 2 is 1.59 bits per heavy atom. The molecule has 3 aromatic rings. The lowest BCUT2D eigenvalue weighted by Crippen LogP contribution is -2.54. The van der Waals surface area contributed by atoms with Crippen LogP contribution in [0.15, 0.2) is 83.3 Å². The Labute approximate surface area is 250 Å². The molecule has 0 saturated heterocycles. The molecule has 0 bridgehead atoms. The van der Waals surface area contributed by atoms with Crippen molar-refractivity contribution in [3.05, 3.63) is 100 Å². The second-order valence-corrected chi connectivity index (χ2v) is 13.8. The standard InChI is InChI=1S/C31H37BrFN3O4S/c1-31(2,3)34-30(38)28(21-23-10-6-5-7-11-23)35(22-24-12-8-13-25(32)20-24)29(37)14-9-19-36(41(4,39)40)27-17-15-26(33)16-18-27/h5-8,10-13,15-18,20,28H,9,14,19,21-22H2,1-4H3,(H,34,38)/t28-/m0/s1. The number of anilines is 1. The largest absolute Gasteiger partial charge is 0.350 e. The average molecular weight is 647 g/mol. The maximum Gasteiger partial charge on any atom is 0.243 e. The highest BCUT2D eigenvalue weighted by atomic mass is 79.9. The number of rotatable bonds is 12. The minimum atomic E-state index is -3.68. The molecule has 0 aliphatic rings. The summed E-state index contributed by atoms with van der Waals surface area (Å²) in [4.78, 5) is 29.1. The number of nitrogens with zero attached hydrogens (tertiary/aromatic N) is 2. The highest BCUT2D eigenvalue weighted by molar-refractivity contribution is 9.10. The van der Waals surface area contributed by atoms with Crippen LogP contribution in [0, 0.1) is 5.82 Å². The molecule has 0 heterocycles. The van der Waals surface area contributed by atoms with Gasteiger partial charge in [0.1, 0.15) is 11.9 Å². The summed E-state index contributed by atoms with van der Waals surface area (Å²) >= 11 is 3.48. The summed E-state index contributed by atoms with van der Waals surface area (Å²) in [6.07, 6.45) is 1.60. The van der Waals surface area contributed by atoms with E-state index in [4.69, 9.17) is 0 Å². The van der Waals surface area contributed by atoms with Crippen LogP contribution in [0.3, 0.4) is 0 Å². The Hall–Kier alpha value is -3.24. The van der Waals surface area contributed by atoms with Crippen LogP contribution in [0.4, 0.5) is 10.1 Å². The number of halogens is 2. The van der Waals surface area contributed by atoms with Gasteiger partial charge in [0.25, 0.3) is 0 Å². The van der Waals surface area contributed by atoms with E-state index in [2.05, 4.69) is 21.2 Å². The average Bonchev–Trinajstić information content (AvgIpc) is 2.88. The van der Waals surface area contributed by atoms with Crippen LogP contribution in [0.5, 0.6) is 0 Å². The van der Waals surface area contributed by atoms with Crippen molar-refractivity contribution < 1.29 is 22.4 Å². The first kappa shape index (κ1) is 32.3. The zero-order valence-corrected chi connectivity index (χ0v) is 26.2. The van der Waals surface area contributed by atoms with E-state index < -0.39 is 27.4 Å². The van der Waals surface area contributed by atoms with Gasteiger partial charge in [0, 0.05) is 35.9 Å². The Bertz CT molecular complexity index is 1430. The zero-order valence-electron chi connectivity index (χ0n) is 23.8. The lowest BCUT2D eigenvalue weighted by molar-refractivity contribution is -0.142. The molecule has 1 N–H and O–H groups in total. The first-order chi connectivity index (χ1) is 19.2. The predicted molar refractivity (Wildman–Crippen MR) is 164 cm³/mol. The van der Waals surface area contributed by atoms with Gasteiger partial charge in [-0.25, -0.2) is 12.8 Å². The molecule has 10 heteroatoms. The van der Waals surface area contributed by atoms with Crippen molar-refractivity contribution in [2.75, 3.05) is 17.1 Å². The number of amides is 2. The second-order valence-electron chi connectivity index (χ2n) is 11.0. The van der Waals surface area contributed by atoms with Crippen LogP contribution < -0.4 is 9.62 Å². The van der Waals surface area contributed by atoms with E-state index in [0.29, 0.717) is 12.1 Å². The van der Waals surface area contributed by atoms with E-state index in [1.165, 1.54) is 24.3 Å². The zero-order chi connectivity index (χ0) is 30.2. The molecule has 3 rings (SSSR count). The summed E-state index contributed by atoms with van der Waals surface area (Å²) < 4.78 is 40.5. The van der Waals surface area contributed by atoms with E-state index in [1.807, 2.05) is 75.4 Å². The molecule has 0 aromatic heterocycles. The fourth-order valence-electron chi connectivity index (χ4n) is 4.45. The van der Waals surface area contributed by atoms with E-state index in [1.54, 1.807) is 4.90 Å². The Balaban J connectivity index is 1.90. The lowest BCUT2D eigenvalue weighted by atomic mass is 10.00. The monoisotopic (exact) mass is 645 g/mol. The van der Waals surface area contributed by atoms with Gasteiger partial charge < -0.3 is 10.2 Å². The molecular weight excluding hydrogens is 609 g/mol. The van der Waals surface area contributed by atoms with Gasteiger partial charge in [-0.3, -0.25) is 13.9 Å². The molecule has 0 radical (unpaired) electrons. The molecule has 7 nitrogen and oxygen atoms in total. The fourth-order valence-corrected chi connectivity index (χ4v) is 5.86. The molecule has 0 fully saturated rings. The van der Waals surface area contributed by atoms with Gasteiger partial charge in [0.2, 0.25) is 21.8 Å². The van der Waals surface area contributed by atoms with Crippen LogP contribution in [0.25, 0.3) is 0 Å². The van der Waals surface area contributed by atoms with Gasteiger partial charge in [0.15, 0.2) is 0 Å². The predicted octanol–water partition coefficient (Wildman–Crippen LogP) is 5.69. The van der Waals surface area contributed by atoms with Crippen molar-refractivity contribution in [2.24, 2.45) is 0 Å². The molecule has 0 saturated carbocycles. The molecule has 3 aromatic carbocycles. The minimum absolute atomic E-state index is 0.00923. The summed E-state index contributed by atoms with van der Waals surface area (Å²) in [6.45, 7) is 5.89. The number of sulfonamides is 1. The summed E-state index contributed by atoms with van der Waals surface area (Å²) in [5.41, 5.74) is 1.56. The third kappa shape index (κ3) is 10.3. The number of hydrogen-bond acceptors (Lipinski definition) is 4. The van der Waals surface area contributed by atoms with Crippen LogP contribution in [-0.2, 0) is 32.6 Å². The van der Waals surface area contributed by atoms with Gasteiger partial charge in [-0.2, -0.15) is 0 Å². The summed E-state index contributed by atoms with van der Waals surface area (Å²) in [6, 6.07) is 21.5. The van der Waals surface area contributed by atoms with Crippen molar-refractivity contribution in [3.63, 3.8) is 0 Å². The molecule has 2 amide bonds. The SMILES string of the molecule is CC(C)(C)NC(=O)[C@H](Cc1ccccc1)N(Cc1cccc(Br)c1)C(=O)CCCN(c1ccc(F)cc1)S(C)(=O)=O. The second kappa shape index (κ2) is 14.1. The summed E-state index contributed by atoms with van der Waals surface area (Å²) in [5, 5.41) is 3.03. The van der Waals surface area contributed by atoms with Crippen molar-refractivity contribution in [2.45, 2.75) is 58.2 Å². The highest BCUT2D eigenvalue weighted by Gasteiger charge is 2.32. The van der Waals surface area contributed by atoms with Crippen LogP contribution in [-0.4, -0.2) is 49.5 Å². The fraction of sp³-hybridized carbons (Fsp3) is 0.355. The van der Waals surface area contributed by atoms with E-state index in [0.717, 1.165) is 26.2 Å². The number of hydrogen-bond donors (Lipinski definition) is 1. The normalized spacial score (nSPS) is 12.4. The molecule has 1 atom stereocenters. The number of carbonyl (C=O) groups excluding carboxylic acids is 2. The third-order valence-electron chi connectivity index (χ3n) is 6.28. The van der Waals surface area contributed by atoms with Gasteiger partial charge in [-0.15, -0.1) is 0 Å². The van der Waals surface area contributed by atoms with Gasteiger partial charge in [-0.05, 0) is 74.7 Å². The summed E-state index contributed by atoms with van der Waals surface area (Å²) in [7, 11) is -3.68. The Kier molecular flexibility index (Phi) is 11.1. The molecular formula is C31H37BrFN3O4S. The Morgan fingerprint density at radius 3 is 2.17 bits per heavy atom. The topological polar surface area (TPSA) is 86.8 Å². The lowest BCUT2D eigenvalue weighted by Gasteiger charge is -2.34. The van der Waals surface area contributed by atoms with Crippen molar-refractivity contribution >= 4 is 43.5 Å². The van der Waals surface area contributed by atoms with Crippen molar-refractivity contribution in [1.29, 1.82) is 0 Å². The number of carbonyl (C=O) groups is 2. The maximum absolute atomic E-state index is 13.9. The molecule has 0 spiro atoms. The van der Waals surface area contributed by atoms with E-state index >= 15 is 0 Å². The molecule has 0 aliphatic carbocycles. The maximum atomic E-state index is 13.9. The minimum Gasteiger partial charge on any atom is -0.350 e. The van der Waals surface area contributed by atoms with E-state index in [-0.39, 0.29) is 37.7 Å². The van der Waals surface area contributed by atoms with Gasteiger partial charge in [0.05, 0.1) is 11.9 Å². The van der Waals surface area contributed by atoms with Gasteiger partial charge in [-0.1, -0.05) is 58.4 Å². The van der Waals surface area contributed by atoms with Crippen LogP contribution in [0.1, 0.15) is 44.7 Å².